The second-order valence-corrected chi connectivity index (χ2v) is 4.82. The third-order valence-corrected chi connectivity index (χ3v) is 3.30. The fourth-order valence-electron chi connectivity index (χ4n) is 2.22. The number of carbonyl (C=O) groups is 1. The van der Waals surface area contributed by atoms with Crippen LogP contribution in [0.5, 0.6) is 0 Å². The first-order valence-corrected chi connectivity index (χ1v) is 6.39. The maximum atomic E-state index is 12.3. The summed E-state index contributed by atoms with van der Waals surface area (Å²) in [5.41, 5.74) is 4.93. The molecule has 5 heteroatoms. The molecule has 1 fully saturated rings. The van der Waals surface area contributed by atoms with Gasteiger partial charge >= 0.3 is 0 Å². The fraction of sp³-hybridized carbons (Fsp3) is 0.833. The Labute approximate surface area is 102 Å². The van der Waals surface area contributed by atoms with Gasteiger partial charge in [0, 0.05) is 6.04 Å². The minimum absolute atomic E-state index is 0.0411. The number of hydrogen-bond acceptors (Lipinski definition) is 3. The SMILES string of the molecule is CCCC(CCC)(C(=O)NC1CC1)C(N)=NO. The summed E-state index contributed by atoms with van der Waals surface area (Å²) < 4.78 is 0. The molecule has 1 aliphatic rings. The lowest BCUT2D eigenvalue weighted by Gasteiger charge is -2.30. The highest BCUT2D eigenvalue weighted by Crippen LogP contribution is 2.32. The zero-order valence-electron chi connectivity index (χ0n) is 10.7. The number of nitrogens with two attached hydrogens (primary N) is 1. The summed E-state index contributed by atoms with van der Waals surface area (Å²) in [6.45, 7) is 4.00. The molecule has 0 aromatic heterocycles. The first-order valence-electron chi connectivity index (χ1n) is 6.39. The Morgan fingerprint density at radius 3 is 2.29 bits per heavy atom. The van der Waals surface area contributed by atoms with Crippen LogP contribution in [0, 0.1) is 5.41 Å². The molecule has 1 rings (SSSR count). The Balaban J connectivity index is 2.89. The summed E-state index contributed by atoms with van der Waals surface area (Å²) in [5, 5.41) is 15.0. The number of nitrogens with one attached hydrogen (secondary N) is 1. The van der Waals surface area contributed by atoms with Crippen LogP contribution < -0.4 is 11.1 Å². The largest absolute Gasteiger partial charge is 0.409 e. The molecule has 0 atom stereocenters. The molecule has 0 unspecified atom stereocenters. The van der Waals surface area contributed by atoms with Crippen molar-refractivity contribution in [3.8, 4) is 0 Å². The normalized spacial score (nSPS) is 16.9. The second-order valence-electron chi connectivity index (χ2n) is 4.82. The molecule has 0 aromatic rings. The summed E-state index contributed by atoms with van der Waals surface area (Å²) in [7, 11) is 0. The fourth-order valence-corrected chi connectivity index (χ4v) is 2.22. The zero-order chi connectivity index (χ0) is 12.9. The number of amides is 1. The van der Waals surface area contributed by atoms with Gasteiger partial charge in [-0.2, -0.15) is 0 Å². The van der Waals surface area contributed by atoms with Gasteiger partial charge in [0.05, 0.1) is 0 Å². The van der Waals surface area contributed by atoms with Gasteiger partial charge in [-0.15, -0.1) is 0 Å². The first kappa shape index (κ1) is 13.8. The van der Waals surface area contributed by atoms with Gasteiger partial charge in [-0.05, 0) is 25.7 Å². The van der Waals surface area contributed by atoms with Crippen LogP contribution in [0.1, 0.15) is 52.4 Å². The molecule has 0 spiro atoms. The topological polar surface area (TPSA) is 87.7 Å². The molecule has 0 heterocycles. The maximum absolute atomic E-state index is 12.3. The summed E-state index contributed by atoms with van der Waals surface area (Å²) >= 11 is 0. The van der Waals surface area contributed by atoms with Crippen LogP contribution in [0.3, 0.4) is 0 Å². The molecule has 17 heavy (non-hydrogen) atoms. The summed E-state index contributed by atoms with van der Waals surface area (Å²) in [6, 6.07) is 0.294. The van der Waals surface area contributed by atoms with E-state index in [1.54, 1.807) is 0 Å². The van der Waals surface area contributed by atoms with E-state index < -0.39 is 5.41 Å². The third-order valence-electron chi connectivity index (χ3n) is 3.30. The number of hydrogen-bond donors (Lipinski definition) is 3. The lowest BCUT2D eigenvalue weighted by atomic mass is 9.77. The van der Waals surface area contributed by atoms with Crippen LogP contribution in [-0.4, -0.2) is 23.0 Å². The van der Waals surface area contributed by atoms with Crippen LogP contribution in [0.2, 0.25) is 0 Å². The van der Waals surface area contributed by atoms with Crippen molar-refractivity contribution < 1.29 is 10.0 Å². The van der Waals surface area contributed by atoms with Crippen LogP contribution in [0.4, 0.5) is 0 Å². The standard InChI is InChI=1S/C12H23N3O2/c1-3-7-12(8-4-2,10(13)15-17)11(16)14-9-5-6-9/h9,17H,3-8H2,1-2H3,(H2,13,15)(H,14,16). The molecular formula is C12H23N3O2. The van der Waals surface area contributed by atoms with Gasteiger partial charge in [0.2, 0.25) is 5.91 Å². The van der Waals surface area contributed by atoms with E-state index in [1.165, 1.54) is 0 Å². The van der Waals surface area contributed by atoms with Crippen molar-refractivity contribution in [3.05, 3.63) is 0 Å². The molecule has 0 radical (unpaired) electrons. The Bertz CT molecular complexity index is 292. The molecule has 1 aliphatic carbocycles. The molecule has 0 saturated heterocycles. The van der Waals surface area contributed by atoms with Crippen molar-refractivity contribution in [1.29, 1.82) is 0 Å². The number of carbonyl (C=O) groups excluding carboxylic acids is 1. The highest BCUT2D eigenvalue weighted by molar-refractivity contribution is 6.06. The van der Waals surface area contributed by atoms with Gasteiger partial charge in [0.15, 0.2) is 5.84 Å². The molecule has 4 N–H and O–H groups in total. The molecule has 0 bridgehead atoms. The van der Waals surface area contributed by atoms with Crippen molar-refractivity contribution in [2.24, 2.45) is 16.3 Å². The summed E-state index contributed by atoms with van der Waals surface area (Å²) in [6.07, 6.45) is 4.97. The van der Waals surface area contributed by atoms with E-state index in [2.05, 4.69) is 10.5 Å². The minimum atomic E-state index is -0.832. The maximum Gasteiger partial charge on any atom is 0.234 e. The number of nitrogens with zero attached hydrogens (tertiary/aromatic N) is 1. The van der Waals surface area contributed by atoms with E-state index >= 15 is 0 Å². The van der Waals surface area contributed by atoms with Crippen LogP contribution in [0.15, 0.2) is 5.16 Å². The van der Waals surface area contributed by atoms with Crippen molar-refractivity contribution in [3.63, 3.8) is 0 Å². The van der Waals surface area contributed by atoms with Crippen LogP contribution in [0.25, 0.3) is 0 Å². The van der Waals surface area contributed by atoms with Gasteiger partial charge in [-0.1, -0.05) is 31.8 Å². The predicted molar refractivity (Wildman–Crippen MR) is 66.8 cm³/mol. The quantitative estimate of drug-likeness (QED) is 0.274. The van der Waals surface area contributed by atoms with E-state index in [-0.39, 0.29) is 11.7 Å². The predicted octanol–water partition coefficient (Wildman–Crippen LogP) is 1.60. The Hall–Kier alpha value is -1.26. The van der Waals surface area contributed by atoms with Gasteiger partial charge in [-0.3, -0.25) is 4.79 Å². The average Bonchev–Trinajstić information content (AvgIpc) is 3.11. The minimum Gasteiger partial charge on any atom is -0.409 e. The number of oxime groups is 1. The van der Waals surface area contributed by atoms with E-state index in [0.717, 1.165) is 25.7 Å². The van der Waals surface area contributed by atoms with Crippen LogP contribution >= 0.6 is 0 Å². The van der Waals surface area contributed by atoms with Crippen molar-refractivity contribution >= 4 is 11.7 Å². The lowest BCUT2D eigenvalue weighted by molar-refractivity contribution is -0.128. The number of rotatable bonds is 7. The molecule has 1 saturated carbocycles. The highest BCUT2D eigenvalue weighted by Gasteiger charge is 2.43. The van der Waals surface area contributed by atoms with E-state index in [1.807, 2.05) is 13.8 Å². The van der Waals surface area contributed by atoms with E-state index in [4.69, 9.17) is 10.9 Å². The summed E-state index contributed by atoms with van der Waals surface area (Å²) in [5.74, 6) is -0.0432. The molecular weight excluding hydrogens is 218 g/mol. The smallest absolute Gasteiger partial charge is 0.234 e. The first-order chi connectivity index (χ1) is 8.10. The van der Waals surface area contributed by atoms with Crippen LogP contribution in [-0.2, 0) is 4.79 Å². The van der Waals surface area contributed by atoms with Gasteiger partial charge in [-0.25, -0.2) is 0 Å². The van der Waals surface area contributed by atoms with Crippen molar-refractivity contribution in [1.82, 2.24) is 5.32 Å². The molecule has 1 amide bonds. The zero-order valence-corrected chi connectivity index (χ0v) is 10.7. The highest BCUT2D eigenvalue weighted by atomic mass is 16.4. The number of amidine groups is 1. The monoisotopic (exact) mass is 241 g/mol. The van der Waals surface area contributed by atoms with Crippen molar-refractivity contribution in [2.45, 2.75) is 58.4 Å². The Morgan fingerprint density at radius 1 is 1.41 bits per heavy atom. The Kier molecular flexibility index (Phi) is 4.78. The Morgan fingerprint density at radius 2 is 1.94 bits per heavy atom. The van der Waals surface area contributed by atoms with Crippen molar-refractivity contribution in [2.75, 3.05) is 0 Å². The molecule has 5 nitrogen and oxygen atoms in total. The molecule has 0 aliphatic heterocycles. The van der Waals surface area contributed by atoms with E-state index in [0.29, 0.717) is 18.9 Å². The third kappa shape index (κ3) is 3.11. The van der Waals surface area contributed by atoms with Gasteiger partial charge < -0.3 is 16.3 Å². The molecule has 0 aromatic carbocycles. The average molecular weight is 241 g/mol. The van der Waals surface area contributed by atoms with E-state index in [9.17, 15) is 4.79 Å². The lowest BCUT2D eigenvalue weighted by Crippen LogP contribution is -2.50. The molecule has 98 valence electrons. The van der Waals surface area contributed by atoms with Gasteiger partial charge in [0.25, 0.3) is 0 Å². The summed E-state index contributed by atoms with van der Waals surface area (Å²) in [4.78, 5) is 12.3. The van der Waals surface area contributed by atoms with Gasteiger partial charge in [0.1, 0.15) is 5.41 Å². The second kappa shape index (κ2) is 5.89.